The predicted molar refractivity (Wildman–Crippen MR) is 59.7 cm³/mol. The number of likely N-dealkylation sites (tertiary alicyclic amines) is 1. The summed E-state index contributed by atoms with van der Waals surface area (Å²) in [5, 5.41) is 10.6. The summed E-state index contributed by atoms with van der Waals surface area (Å²) < 4.78 is 5.01. The fourth-order valence-electron chi connectivity index (χ4n) is 2.52. The number of likely N-dealkylation sites (N-methyl/N-ethyl adjacent to an activating group) is 1. The van der Waals surface area contributed by atoms with Crippen molar-refractivity contribution < 1.29 is 9.53 Å². The van der Waals surface area contributed by atoms with Crippen LogP contribution >= 0.6 is 0 Å². The van der Waals surface area contributed by atoms with Gasteiger partial charge in [0.25, 0.3) is 0 Å². The molecule has 1 atom stereocenters. The van der Waals surface area contributed by atoms with E-state index in [0.717, 1.165) is 19.5 Å². The van der Waals surface area contributed by atoms with Crippen LogP contribution in [0, 0.1) is 5.41 Å². The molecule has 2 N–H and O–H groups in total. The lowest BCUT2D eigenvalue weighted by Gasteiger charge is -2.32. The summed E-state index contributed by atoms with van der Waals surface area (Å²) in [5.74, 6) is 0.331. The zero-order chi connectivity index (χ0) is 11.8. The smallest absolute Gasteiger partial charge is 0.323 e. The fraction of sp³-hybridized carbons (Fsp3) is 0.800. The molecular formula is C10H18N4O2. The second-order valence-electron chi connectivity index (χ2n) is 4.47. The van der Waals surface area contributed by atoms with Crippen molar-refractivity contribution in [2.45, 2.75) is 12.0 Å². The standard InChI is InChI=1S/C10H18N4O2/c1-13-4-3-10(7-13)8(11)12-9(15)14(10)5-6-16-2/h3-7H2,1-2H3,(H2,11,12,15). The first-order valence-electron chi connectivity index (χ1n) is 5.45. The summed E-state index contributed by atoms with van der Waals surface area (Å²) in [7, 11) is 3.63. The molecule has 2 fully saturated rings. The number of ether oxygens (including phenoxy) is 1. The first-order valence-corrected chi connectivity index (χ1v) is 5.45. The molecule has 2 amide bonds. The van der Waals surface area contributed by atoms with Crippen LogP contribution in [0.25, 0.3) is 0 Å². The van der Waals surface area contributed by atoms with Gasteiger partial charge in [0.05, 0.1) is 6.61 Å². The lowest BCUT2D eigenvalue weighted by molar-refractivity contribution is 0.126. The molecule has 6 heteroatoms. The lowest BCUT2D eigenvalue weighted by atomic mass is 9.96. The minimum Gasteiger partial charge on any atom is -0.383 e. The van der Waals surface area contributed by atoms with Gasteiger partial charge in [0.1, 0.15) is 11.4 Å². The summed E-state index contributed by atoms with van der Waals surface area (Å²) in [4.78, 5) is 15.6. The number of nitrogens with zero attached hydrogens (tertiary/aromatic N) is 2. The number of carbonyl (C=O) groups excluding carboxylic acids is 1. The van der Waals surface area contributed by atoms with E-state index in [-0.39, 0.29) is 6.03 Å². The number of hydrogen-bond acceptors (Lipinski definition) is 4. The predicted octanol–water partition coefficient (Wildman–Crippen LogP) is -0.290. The molecule has 2 heterocycles. The number of carbonyl (C=O) groups is 1. The highest BCUT2D eigenvalue weighted by Crippen LogP contribution is 2.31. The van der Waals surface area contributed by atoms with Gasteiger partial charge in [0.2, 0.25) is 0 Å². The number of amidine groups is 1. The molecule has 6 nitrogen and oxygen atoms in total. The highest BCUT2D eigenvalue weighted by Gasteiger charge is 2.52. The number of urea groups is 1. The Morgan fingerprint density at radius 3 is 2.94 bits per heavy atom. The Bertz CT molecular complexity index is 320. The molecule has 0 aliphatic carbocycles. The van der Waals surface area contributed by atoms with Crippen molar-refractivity contribution >= 4 is 11.9 Å². The van der Waals surface area contributed by atoms with Crippen LogP contribution in [0.4, 0.5) is 4.79 Å². The zero-order valence-electron chi connectivity index (χ0n) is 9.75. The van der Waals surface area contributed by atoms with Crippen LogP contribution in [-0.4, -0.2) is 67.6 Å². The summed E-state index contributed by atoms with van der Waals surface area (Å²) in [6.07, 6.45) is 0.824. The number of rotatable bonds is 3. The van der Waals surface area contributed by atoms with Crippen LogP contribution < -0.4 is 5.32 Å². The van der Waals surface area contributed by atoms with Crippen LogP contribution in [0.3, 0.4) is 0 Å². The quantitative estimate of drug-likeness (QED) is 0.695. The molecule has 1 spiro atoms. The van der Waals surface area contributed by atoms with Gasteiger partial charge in [-0.3, -0.25) is 10.7 Å². The molecule has 2 aliphatic rings. The Morgan fingerprint density at radius 2 is 2.38 bits per heavy atom. The van der Waals surface area contributed by atoms with E-state index in [1.165, 1.54) is 0 Å². The number of amides is 2. The minimum atomic E-state index is -0.440. The van der Waals surface area contributed by atoms with Gasteiger partial charge in [-0.05, 0) is 13.5 Å². The van der Waals surface area contributed by atoms with Gasteiger partial charge in [0.15, 0.2) is 0 Å². The van der Waals surface area contributed by atoms with E-state index in [4.69, 9.17) is 10.1 Å². The first kappa shape index (κ1) is 11.3. The van der Waals surface area contributed by atoms with Crippen LogP contribution in [0.1, 0.15) is 6.42 Å². The zero-order valence-corrected chi connectivity index (χ0v) is 9.75. The molecule has 0 aromatic rings. The van der Waals surface area contributed by atoms with Crippen LogP contribution in [0.2, 0.25) is 0 Å². The summed E-state index contributed by atoms with van der Waals surface area (Å²) >= 11 is 0. The Balaban J connectivity index is 2.19. The van der Waals surface area contributed by atoms with Gasteiger partial charge in [-0.25, -0.2) is 4.79 Å². The number of hydrogen-bond donors (Lipinski definition) is 2. The molecule has 0 saturated carbocycles. The molecule has 1 unspecified atom stereocenters. The fourth-order valence-corrected chi connectivity index (χ4v) is 2.52. The van der Waals surface area contributed by atoms with E-state index in [9.17, 15) is 4.79 Å². The minimum absolute atomic E-state index is 0.169. The highest BCUT2D eigenvalue weighted by atomic mass is 16.5. The Kier molecular flexibility index (Phi) is 2.86. The van der Waals surface area contributed by atoms with Gasteiger partial charge in [0, 0.05) is 26.7 Å². The molecular weight excluding hydrogens is 208 g/mol. The molecule has 16 heavy (non-hydrogen) atoms. The van der Waals surface area contributed by atoms with Gasteiger partial charge < -0.3 is 14.5 Å². The van der Waals surface area contributed by atoms with Crippen molar-refractivity contribution in [1.82, 2.24) is 15.1 Å². The van der Waals surface area contributed by atoms with Gasteiger partial charge in [-0.1, -0.05) is 0 Å². The third-order valence-corrected chi connectivity index (χ3v) is 3.42. The van der Waals surface area contributed by atoms with Crippen molar-refractivity contribution in [3.05, 3.63) is 0 Å². The van der Waals surface area contributed by atoms with E-state index >= 15 is 0 Å². The third kappa shape index (κ3) is 1.58. The number of methoxy groups -OCH3 is 1. The molecule has 2 saturated heterocycles. The monoisotopic (exact) mass is 226 g/mol. The maximum absolute atomic E-state index is 11.8. The third-order valence-electron chi connectivity index (χ3n) is 3.42. The molecule has 0 radical (unpaired) electrons. The second-order valence-corrected chi connectivity index (χ2v) is 4.47. The van der Waals surface area contributed by atoms with E-state index in [0.29, 0.717) is 19.0 Å². The molecule has 2 aliphatic heterocycles. The average molecular weight is 226 g/mol. The van der Waals surface area contributed by atoms with Crippen molar-refractivity contribution in [1.29, 1.82) is 5.41 Å². The summed E-state index contributed by atoms with van der Waals surface area (Å²) in [6.45, 7) is 2.69. The van der Waals surface area contributed by atoms with Gasteiger partial charge >= 0.3 is 6.03 Å². The normalized spacial score (nSPS) is 30.5. The molecule has 0 bridgehead atoms. The second kappa shape index (κ2) is 4.03. The van der Waals surface area contributed by atoms with Crippen molar-refractivity contribution in [3.63, 3.8) is 0 Å². The highest BCUT2D eigenvalue weighted by molar-refractivity contribution is 6.08. The van der Waals surface area contributed by atoms with Gasteiger partial charge in [-0.15, -0.1) is 0 Å². The summed E-state index contributed by atoms with van der Waals surface area (Å²) in [5.41, 5.74) is -0.440. The SMILES string of the molecule is COCCN1C(=O)NC(=N)C12CCN(C)C2. The van der Waals surface area contributed by atoms with E-state index in [2.05, 4.69) is 10.2 Å². The first-order chi connectivity index (χ1) is 7.60. The van der Waals surface area contributed by atoms with Crippen molar-refractivity contribution in [2.24, 2.45) is 0 Å². The molecule has 90 valence electrons. The summed E-state index contributed by atoms with van der Waals surface area (Å²) in [6, 6.07) is -0.169. The van der Waals surface area contributed by atoms with Gasteiger partial charge in [-0.2, -0.15) is 0 Å². The maximum atomic E-state index is 11.8. The largest absolute Gasteiger partial charge is 0.383 e. The topological polar surface area (TPSA) is 68.7 Å². The van der Waals surface area contributed by atoms with Crippen LogP contribution in [0.15, 0.2) is 0 Å². The van der Waals surface area contributed by atoms with Crippen LogP contribution in [-0.2, 0) is 4.74 Å². The Labute approximate surface area is 95.0 Å². The maximum Gasteiger partial charge on any atom is 0.323 e. The average Bonchev–Trinajstić information content (AvgIpc) is 2.71. The van der Waals surface area contributed by atoms with Crippen molar-refractivity contribution in [3.8, 4) is 0 Å². The van der Waals surface area contributed by atoms with Crippen molar-refractivity contribution in [2.75, 3.05) is 40.4 Å². The molecule has 2 rings (SSSR count). The molecule has 0 aromatic carbocycles. The Morgan fingerprint density at radius 1 is 1.62 bits per heavy atom. The Hall–Kier alpha value is -1.14. The van der Waals surface area contributed by atoms with E-state index < -0.39 is 5.54 Å². The number of nitrogens with one attached hydrogen (secondary N) is 2. The van der Waals surface area contributed by atoms with E-state index in [1.807, 2.05) is 7.05 Å². The van der Waals surface area contributed by atoms with E-state index in [1.54, 1.807) is 12.0 Å². The molecule has 0 aromatic heterocycles. The lowest BCUT2D eigenvalue weighted by Crippen LogP contribution is -2.52. The van der Waals surface area contributed by atoms with Crippen LogP contribution in [0.5, 0.6) is 0 Å².